The third kappa shape index (κ3) is 3.31. The topological polar surface area (TPSA) is 71.8 Å². The maximum absolute atomic E-state index is 12.7. The summed E-state index contributed by atoms with van der Waals surface area (Å²) in [5.41, 5.74) is 1.60. The molecule has 3 heterocycles. The molecule has 0 saturated carbocycles. The summed E-state index contributed by atoms with van der Waals surface area (Å²) < 4.78 is 10.6. The molecule has 1 N–H and O–H groups in total. The van der Waals surface area contributed by atoms with Crippen molar-refractivity contribution in [2.45, 2.75) is 25.3 Å². The van der Waals surface area contributed by atoms with Gasteiger partial charge in [-0.3, -0.25) is 9.59 Å². The number of piperidine rings is 1. The molecule has 1 fully saturated rings. The molecule has 6 nitrogen and oxygen atoms in total. The number of furan rings is 1. The largest absolute Gasteiger partial charge is 0.493 e. The third-order valence-electron chi connectivity index (χ3n) is 5.20. The first-order chi connectivity index (χ1) is 12.7. The van der Waals surface area contributed by atoms with E-state index in [0.29, 0.717) is 38.1 Å². The molecular formula is C20H22N2O4. The smallest absolute Gasteiger partial charge is 0.257 e. The van der Waals surface area contributed by atoms with E-state index in [1.54, 1.807) is 11.0 Å². The summed E-state index contributed by atoms with van der Waals surface area (Å²) in [6.07, 6.45) is 5.10. The highest BCUT2D eigenvalue weighted by Crippen LogP contribution is 2.32. The van der Waals surface area contributed by atoms with E-state index < -0.39 is 0 Å². The average Bonchev–Trinajstić information content (AvgIpc) is 3.23. The summed E-state index contributed by atoms with van der Waals surface area (Å²) in [4.78, 5) is 26.8. The fourth-order valence-electron chi connectivity index (χ4n) is 3.70. The maximum atomic E-state index is 12.7. The number of carbonyl (C=O) groups is 2. The summed E-state index contributed by atoms with van der Waals surface area (Å²) >= 11 is 0. The van der Waals surface area contributed by atoms with Gasteiger partial charge in [0, 0.05) is 31.0 Å². The number of amides is 2. The number of carbonyl (C=O) groups excluding carboxylic acids is 2. The van der Waals surface area contributed by atoms with Crippen LogP contribution in [0.4, 0.5) is 0 Å². The van der Waals surface area contributed by atoms with Gasteiger partial charge in [-0.2, -0.15) is 0 Å². The number of fused-ring (bicyclic) bond motifs is 1. The zero-order valence-corrected chi connectivity index (χ0v) is 14.5. The normalized spacial score (nSPS) is 20.2. The minimum atomic E-state index is -0.0570. The van der Waals surface area contributed by atoms with Crippen molar-refractivity contribution in [3.63, 3.8) is 0 Å². The fraction of sp³-hybridized carbons (Fsp3) is 0.400. The van der Waals surface area contributed by atoms with E-state index in [1.807, 2.05) is 24.3 Å². The van der Waals surface area contributed by atoms with E-state index in [9.17, 15) is 9.59 Å². The zero-order valence-electron chi connectivity index (χ0n) is 14.5. The summed E-state index contributed by atoms with van der Waals surface area (Å²) in [5.74, 6) is 0.834. The van der Waals surface area contributed by atoms with Crippen LogP contribution in [-0.4, -0.2) is 36.4 Å². The van der Waals surface area contributed by atoms with Gasteiger partial charge in [0.25, 0.3) is 5.91 Å². The molecule has 1 unspecified atom stereocenters. The lowest BCUT2D eigenvalue weighted by molar-refractivity contribution is -0.127. The number of hydrogen-bond donors (Lipinski definition) is 1. The van der Waals surface area contributed by atoms with Gasteiger partial charge in [0.1, 0.15) is 12.0 Å². The molecule has 1 atom stereocenters. The highest BCUT2D eigenvalue weighted by molar-refractivity contribution is 5.94. The van der Waals surface area contributed by atoms with Gasteiger partial charge in [-0.15, -0.1) is 0 Å². The van der Waals surface area contributed by atoms with Gasteiger partial charge in [-0.05, 0) is 25.0 Å². The summed E-state index contributed by atoms with van der Waals surface area (Å²) in [5, 5.41) is 3.18. The molecular weight excluding hydrogens is 332 g/mol. The molecule has 1 saturated heterocycles. The summed E-state index contributed by atoms with van der Waals surface area (Å²) in [7, 11) is 0. The van der Waals surface area contributed by atoms with Gasteiger partial charge in [-0.1, -0.05) is 18.2 Å². The highest BCUT2D eigenvalue weighted by Gasteiger charge is 2.30. The zero-order chi connectivity index (χ0) is 17.9. The number of likely N-dealkylation sites (tertiary alicyclic amines) is 1. The molecule has 2 amide bonds. The van der Waals surface area contributed by atoms with Gasteiger partial charge in [0.05, 0.1) is 24.5 Å². The van der Waals surface area contributed by atoms with Crippen LogP contribution >= 0.6 is 0 Å². The highest BCUT2D eigenvalue weighted by atomic mass is 16.5. The van der Waals surface area contributed by atoms with Crippen molar-refractivity contribution in [2.75, 3.05) is 19.7 Å². The van der Waals surface area contributed by atoms with Gasteiger partial charge < -0.3 is 19.4 Å². The number of para-hydroxylation sites is 1. The summed E-state index contributed by atoms with van der Waals surface area (Å²) in [6.45, 7) is 1.79. The van der Waals surface area contributed by atoms with E-state index >= 15 is 0 Å². The van der Waals surface area contributed by atoms with Crippen LogP contribution in [0, 0.1) is 5.92 Å². The first-order valence-electron chi connectivity index (χ1n) is 9.06. The van der Waals surface area contributed by atoms with Crippen LogP contribution in [0.1, 0.15) is 41.2 Å². The fourth-order valence-corrected chi connectivity index (χ4v) is 3.70. The van der Waals surface area contributed by atoms with Crippen molar-refractivity contribution < 1.29 is 18.7 Å². The second kappa shape index (κ2) is 7.23. The minimum Gasteiger partial charge on any atom is -0.493 e. The predicted molar refractivity (Wildman–Crippen MR) is 94.8 cm³/mol. The van der Waals surface area contributed by atoms with Gasteiger partial charge in [0.2, 0.25) is 5.91 Å². The summed E-state index contributed by atoms with van der Waals surface area (Å²) in [6, 6.07) is 9.52. The van der Waals surface area contributed by atoms with Gasteiger partial charge in [-0.25, -0.2) is 0 Å². The van der Waals surface area contributed by atoms with E-state index in [4.69, 9.17) is 9.15 Å². The molecule has 1 aromatic carbocycles. The predicted octanol–water partition coefficient (Wildman–Crippen LogP) is 2.77. The molecule has 1 aromatic heterocycles. The molecule has 0 radical (unpaired) electrons. The molecule has 0 aliphatic carbocycles. The molecule has 136 valence electrons. The lowest BCUT2D eigenvalue weighted by atomic mass is 9.93. The number of nitrogens with zero attached hydrogens (tertiary/aromatic N) is 1. The van der Waals surface area contributed by atoms with E-state index in [-0.39, 0.29) is 23.8 Å². The van der Waals surface area contributed by atoms with Crippen LogP contribution in [0.25, 0.3) is 0 Å². The maximum Gasteiger partial charge on any atom is 0.257 e. The number of benzene rings is 1. The van der Waals surface area contributed by atoms with Crippen molar-refractivity contribution >= 4 is 11.8 Å². The van der Waals surface area contributed by atoms with E-state index in [1.165, 1.54) is 12.5 Å². The molecule has 2 aromatic rings. The number of rotatable bonds is 3. The molecule has 4 rings (SSSR count). The lowest BCUT2D eigenvalue weighted by Crippen LogP contribution is -2.44. The number of ether oxygens (including phenoxy) is 1. The van der Waals surface area contributed by atoms with Crippen LogP contribution in [0.5, 0.6) is 5.75 Å². The van der Waals surface area contributed by atoms with Crippen molar-refractivity contribution in [3.8, 4) is 5.75 Å². The average molecular weight is 354 g/mol. The van der Waals surface area contributed by atoms with Crippen molar-refractivity contribution in [1.82, 2.24) is 10.2 Å². The Morgan fingerprint density at radius 2 is 1.88 bits per heavy atom. The van der Waals surface area contributed by atoms with Crippen LogP contribution in [0.2, 0.25) is 0 Å². The Kier molecular flexibility index (Phi) is 4.65. The van der Waals surface area contributed by atoms with Gasteiger partial charge >= 0.3 is 0 Å². The number of hydrogen-bond acceptors (Lipinski definition) is 4. The quantitative estimate of drug-likeness (QED) is 0.920. The SMILES string of the molecule is O=C(NC1CCOc2ccccc21)C1CCN(C(=O)c2ccoc2)CC1. The van der Waals surface area contributed by atoms with Crippen LogP contribution in [0.3, 0.4) is 0 Å². The Labute approximate surface area is 152 Å². The Morgan fingerprint density at radius 3 is 2.65 bits per heavy atom. The first-order valence-corrected chi connectivity index (χ1v) is 9.06. The molecule has 2 aliphatic heterocycles. The monoisotopic (exact) mass is 354 g/mol. The lowest BCUT2D eigenvalue weighted by Gasteiger charge is -2.33. The Hall–Kier alpha value is -2.76. The molecule has 26 heavy (non-hydrogen) atoms. The van der Waals surface area contributed by atoms with E-state index in [2.05, 4.69) is 5.32 Å². The van der Waals surface area contributed by atoms with Crippen molar-refractivity contribution in [1.29, 1.82) is 0 Å². The third-order valence-corrected chi connectivity index (χ3v) is 5.20. The van der Waals surface area contributed by atoms with E-state index in [0.717, 1.165) is 17.7 Å². The van der Waals surface area contributed by atoms with Crippen LogP contribution in [-0.2, 0) is 4.79 Å². The van der Waals surface area contributed by atoms with Crippen LogP contribution in [0.15, 0.2) is 47.3 Å². The van der Waals surface area contributed by atoms with Crippen molar-refractivity contribution in [2.24, 2.45) is 5.92 Å². The second-order valence-electron chi connectivity index (χ2n) is 6.81. The molecule has 6 heteroatoms. The molecule has 0 bridgehead atoms. The first kappa shape index (κ1) is 16.7. The molecule has 0 spiro atoms. The van der Waals surface area contributed by atoms with Gasteiger partial charge in [0.15, 0.2) is 0 Å². The molecule has 2 aliphatic rings. The Bertz CT molecular complexity index is 779. The number of nitrogens with one attached hydrogen (secondary N) is 1. The van der Waals surface area contributed by atoms with Crippen molar-refractivity contribution in [3.05, 3.63) is 54.0 Å². The second-order valence-corrected chi connectivity index (χ2v) is 6.81. The Balaban J connectivity index is 1.34. The van der Waals surface area contributed by atoms with Crippen LogP contribution < -0.4 is 10.1 Å². The standard InChI is InChI=1S/C20H22N2O4/c23-19(21-17-8-12-26-18-4-2-1-3-16(17)18)14-5-9-22(10-6-14)20(24)15-7-11-25-13-15/h1-4,7,11,13-14,17H,5-6,8-10,12H2,(H,21,23). The minimum absolute atomic E-state index is 0.00181. The Morgan fingerprint density at radius 1 is 1.08 bits per heavy atom.